The molecule has 1 atom stereocenters. The van der Waals surface area contributed by atoms with Gasteiger partial charge in [0.05, 0.1) is 5.69 Å². The number of aromatic nitrogens is 2. The van der Waals surface area contributed by atoms with Crippen LogP contribution in [0.3, 0.4) is 0 Å². The van der Waals surface area contributed by atoms with E-state index >= 15 is 0 Å². The van der Waals surface area contributed by atoms with Crippen LogP contribution >= 0.6 is 0 Å². The molecule has 0 fully saturated rings. The van der Waals surface area contributed by atoms with Gasteiger partial charge in [0.2, 0.25) is 0 Å². The first-order valence-corrected chi connectivity index (χ1v) is 6.04. The second-order valence-corrected chi connectivity index (χ2v) is 4.44. The third kappa shape index (κ3) is 2.94. The summed E-state index contributed by atoms with van der Waals surface area (Å²) in [5, 5.41) is 7.61. The van der Waals surface area contributed by atoms with E-state index in [-0.39, 0.29) is 0 Å². The van der Waals surface area contributed by atoms with Crippen molar-refractivity contribution in [2.45, 2.75) is 13.3 Å². The summed E-state index contributed by atoms with van der Waals surface area (Å²) < 4.78 is 2.02. The SMILES string of the molecule is CNCC(C)Cc1ccnn1-c1ccccc1. The second-order valence-electron chi connectivity index (χ2n) is 4.44. The zero-order valence-corrected chi connectivity index (χ0v) is 10.4. The fraction of sp³-hybridized carbons (Fsp3) is 0.357. The van der Waals surface area contributed by atoms with E-state index in [1.54, 1.807) is 0 Å². The molecule has 3 heteroatoms. The molecule has 1 unspecified atom stereocenters. The molecule has 0 aliphatic rings. The lowest BCUT2D eigenvalue weighted by molar-refractivity contribution is 0.528. The average molecular weight is 229 g/mol. The van der Waals surface area contributed by atoms with Crippen molar-refractivity contribution in [1.29, 1.82) is 0 Å². The summed E-state index contributed by atoms with van der Waals surface area (Å²) in [5.74, 6) is 0.610. The van der Waals surface area contributed by atoms with Gasteiger partial charge in [0.25, 0.3) is 0 Å². The smallest absolute Gasteiger partial charge is 0.0648 e. The van der Waals surface area contributed by atoms with Gasteiger partial charge in [0.1, 0.15) is 0 Å². The lowest BCUT2D eigenvalue weighted by Crippen LogP contribution is -2.19. The standard InChI is InChI=1S/C14H19N3/c1-12(11-15-2)10-14-8-9-16-17(14)13-6-4-3-5-7-13/h3-9,12,15H,10-11H2,1-2H3. The van der Waals surface area contributed by atoms with Gasteiger partial charge < -0.3 is 5.32 Å². The van der Waals surface area contributed by atoms with Crippen LogP contribution in [-0.4, -0.2) is 23.4 Å². The Balaban J connectivity index is 2.18. The first-order chi connectivity index (χ1) is 8.31. The van der Waals surface area contributed by atoms with Crippen LogP contribution in [0.15, 0.2) is 42.6 Å². The fourth-order valence-corrected chi connectivity index (χ4v) is 2.06. The number of benzene rings is 1. The van der Waals surface area contributed by atoms with Crippen molar-refractivity contribution in [2.24, 2.45) is 5.92 Å². The third-order valence-electron chi connectivity index (χ3n) is 2.83. The Labute approximate surface area is 102 Å². The van der Waals surface area contributed by atoms with E-state index in [0.29, 0.717) is 5.92 Å². The van der Waals surface area contributed by atoms with Crippen molar-refractivity contribution in [3.05, 3.63) is 48.3 Å². The summed E-state index contributed by atoms with van der Waals surface area (Å²) in [5.41, 5.74) is 2.39. The molecule has 1 aromatic heterocycles. The minimum absolute atomic E-state index is 0.610. The van der Waals surface area contributed by atoms with Crippen molar-refractivity contribution in [2.75, 3.05) is 13.6 Å². The van der Waals surface area contributed by atoms with Crippen LogP contribution in [0.5, 0.6) is 0 Å². The van der Waals surface area contributed by atoms with Crippen molar-refractivity contribution >= 4 is 0 Å². The quantitative estimate of drug-likeness (QED) is 0.852. The molecule has 0 saturated carbocycles. The molecule has 2 rings (SSSR count). The molecule has 0 radical (unpaired) electrons. The van der Waals surface area contributed by atoms with Gasteiger partial charge in [-0.05, 0) is 44.1 Å². The number of rotatable bonds is 5. The van der Waals surface area contributed by atoms with E-state index < -0.39 is 0 Å². The molecule has 0 aliphatic carbocycles. The molecule has 1 aromatic carbocycles. The molecule has 3 nitrogen and oxygen atoms in total. The molecule has 90 valence electrons. The van der Waals surface area contributed by atoms with Crippen LogP contribution in [-0.2, 0) is 6.42 Å². The maximum atomic E-state index is 4.40. The topological polar surface area (TPSA) is 29.9 Å². The van der Waals surface area contributed by atoms with Gasteiger partial charge >= 0.3 is 0 Å². The first kappa shape index (κ1) is 11.9. The number of hydrogen-bond donors (Lipinski definition) is 1. The highest BCUT2D eigenvalue weighted by Crippen LogP contribution is 2.13. The normalized spacial score (nSPS) is 12.6. The van der Waals surface area contributed by atoms with Crippen LogP contribution < -0.4 is 5.32 Å². The number of nitrogens with zero attached hydrogens (tertiary/aromatic N) is 2. The van der Waals surface area contributed by atoms with Crippen molar-refractivity contribution in [3.63, 3.8) is 0 Å². The van der Waals surface area contributed by atoms with Gasteiger partial charge in [0, 0.05) is 11.9 Å². The molecular weight excluding hydrogens is 210 g/mol. The zero-order chi connectivity index (χ0) is 12.1. The van der Waals surface area contributed by atoms with E-state index in [1.165, 1.54) is 5.69 Å². The molecule has 2 aromatic rings. The number of hydrogen-bond acceptors (Lipinski definition) is 2. The van der Waals surface area contributed by atoms with Gasteiger partial charge in [-0.15, -0.1) is 0 Å². The van der Waals surface area contributed by atoms with Crippen LogP contribution in [0.1, 0.15) is 12.6 Å². The highest BCUT2D eigenvalue weighted by atomic mass is 15.3. The van der Waals surface area contributed by atoms with Gasteiger partial charge in [-0.2, -0.15) is 5.10 Å². The summed E-state index contributed by atoms with van der Waals surface area (Å²) in [6.07, 6.45) is 2.91. The Morgan fingerprint density at radius 3 is 2.71 bits per heavy atom. The highest BCUT2D eigenvalue weighted by Gasteiger charge is 2.08. The van der Waals surface area contributed by atoms with Crippen LogP contribution in [0.25, 0.3) is 5.69 Å². The maximum Gasteiger partial charge on any atom is 0.0648 e. The summed E-state index contributed by atoms with van der Waals surface area (Å²) in [6, 6.07) is 12.4. The van der Waals surface area contributed by atoms with Crippen LogP contribution in [0, 0.1) is 5.92 Å². The molecule has 1 heterocycles. The Morgan fingerprint density at radius 1 is 1.24 bits per heavy atom. The van der Waals surface area contributed by atoms with Gasteiger partial charge in [-0.3, -0.25) is 0 Å². The van der Waals surface area contributed by atoms with Gasteiger partial charge in [0.15, 0.2) is 0 Å². The molecule has 0 saturated heterocycles. The highest BCUT2D eigenvalue weighted by molar-refractivity contribution is 5.32. The van der Waals surface area contributed by atoms with Crippen molar-refractivity contribution in [3.8, 4) is 5.69 Å². The Morgan fingerprint density at radius 2 is 2.00 bits per heavy atom. The average Bonchev–Trinajstić information content (AvgIpc) is 2.78. The summed E-state index contributed by atoms with van der Waals surface area (Å²) >= 11 is 0. The lowest BCUT2D eigenvalue weighted by Gasteiger charge is -2.12. The Kier molecular flexibility index (Phi) is 3.94. The fourth-order valence-electron chi connectivity index (χ4n) is 2.06. The minimum Gasteiger partial charge on any atom is -0.319 e. The predicted octanol–water partition coefficient (Wildman–Crippen LogP) is 2.27. The summed E-state index contributed by atoms with van der Waals surface area (Å²) in [7, 11) is 1.99. The Hall–Kier alpha value is -1.61. The predicted molar refractivity (Wildman–Crippen MR) is 70.4 cm³/mol. The van der Waals surface area contributed by atoms with E-state index in [1.807, 2.05) is 36.1 Å². The molecule has 17 heavy (non-hydrogen) atoms. The number of nitrogens with one attached hydrogen (secondary N) is 1. The van der Waals surface area contributed by atoms with E-state index in [4.69, 9.17) is 0 Å². The lowest BCUT2D eigenvalue weighted by atomic mass is 10.1. The summed E-state index contributed by atoms with van der Waals surface area (Å²) in [6.45, 7) is 3.28. The first-order valence-electron chi connectivity index (χ1n) is 6.04. The van der Waals surface area contributed by atoms with Crippen molar-refractivity contribution in [1.82, 2.24) is 15.1 Å². The molecule has 0 amide bonds. The zero-order valence-electron chi connectivity index (χ0n) is 10.4. The molecule has 0 aliphatic heterocycles. The second kappa shape index (κ2) is 5.64. The Bertz CT molecular complexity index is 448. The van der Waals surface area contributed by atoms with E-state index in [0.717, 1.165) is 18.7 Å². The molecule has 1 N–H and O–H groups in total. The van der Waals surface area contributed by atoms with Gasteiger partial charge in [-0.1, -0.05) is 25.1 Å². The largest absolute Gasteiger partial charge is 0.319 e. The van der Waals surface area contributed by atoms with Crippen molar-refractivity contribution < 1.29 is 0 Å². The molecule has 0 spiro atoms. The van der Waals surface area contributed by atoms with E-state index in [9.17, 15) is 0 Å². The van der Waals surface area contributed by atoms with Crippen LogP contribution in [0.4, 0.5) is 0 Å². The maximum absolute atomic E-state index is 4.40. The summed E-state index contributed by atoms with van der Waals surface area (Å²) in [4.78, 5) is 0. The van der Waals surface area contributed by atoms with Crippen LogP contribution in [0.2, 0.25) is 0 Å². The monoisotopic (exact) mass is 229 g/mol. The molecular formula is C14H19N3. The van der Waals surface area contributed by atoms with Gasteiger partial charge in [-0.25, -0.2) is 4.68 Å². The third-order valence-corrected chi connectivity index (χ3v) is 2.83. The number of para-hydroxylation sites is 1. The minimum atomic E-state index is 0.610. The molecule has 0 bridgehead atoms. The van der Waals surface area contributed by atoms with E-state index in [2.05, 4.69) is 35.5 Å².